The van der Waals surface area contributed by atoms with Crippen LogP contribution in [0.25, 0.3) is 6.08 Å². The lowest BCUT2D eigenvalue weighted by molar-refractivity contribution is 0.824. The molecule has 17 heavy (non-hydrogen) atoms. The van der Waals surface area contributed by atoms with Crippen molar-refractivity contribution in [1.82, 2.24) is 0 Å². The second-order valence-electron chi connectivity index (χ2n) is 6.85. The highest BCUT2D eigenvalue weighted by Crippen LogP contribution is 2.44. The number of fused-ring (bicyclic) bond motifs is 2. The number of benzene rings is 1. The van der Waals surface area contributed by atoms with E-state index in [4.69, 9.17) is 0 Å². The normalized spacial score (nSPS) is 26.1. The Morgan fingerprint density at radius 1 is 1.06 bits per heavy atom. The molecular formula is C16H22Si. The number of aryl methyl sites for hydroxylation is 2. The van der Waals surface area contributed by atoms with Crippen LogP contribution in [0, 0.1) is 0 Å². The van der Waals surface area contributed by atoms with Gasteiger partial charge in [0.2, 0.25) is 0 Å². The van der Waals surface area contributed by atoms with Crippen LogP contribution in [0.5, 0.6) is 0 Å². The Balaban J connectivity index is 2.18. The molecule has 0 bridgehead atoms. The summed E-state index contributed by atoms with van der Waals surface area (Å²) in [7, 11) is -1.22. The summed E-state index contributed by atoms with van der Waals surface area (Å²) in [5.41, 5.74) is 6.33. The molecule has 1 aromatic carbocycles. The molecule has 90 valence electrons. The van der Waals surface area contributed by atoms with E-state index < -0.39 is 8.07 Å². The molecule has 1 aromatic rings. The van der Waals surface area contributed by atoms with Gasteiger partial charge in [0.15, 0.2) is 0 Å². The average molecular weight is 242 g/mol. The first-order chi connectivity index (χ1) is 7.92. The molecule has 2 aliphatic carbocycles. The summed E-state index contributed by atoms with van der Waals surface area (Å²) < 4.78 is 0. The van der Waals surface area contributed by atoms with Gasteiger partial charge in [-0.05, 0) is 41.5 Å². The molecule has 0 N–H and O–H groups in total. The second-order valence-corrected chi connectivity index (χ2v) is 12.4. The van der Waals surface area contributed by atoms with Crippen LogP contribution in [0.15, 0.2) is 18.2 Å². The van der Waals surface area contributed by atoms with Gasteiger partial charge in [-0.1, -0.05) is 50.8 Å². The average Bonchev–Trinajstić information content (AvgIpc) is 2.80. The molecule has 1 unspecified atom stereocenters. The lowest BCUT2D eigenvalue weighted by atomic mass is 9.96. The summed E-state index contributed by atoms with van der Waals surface area (Å²) in [6.07, 6.45) is 8.78. The van der Waals surface area contributed by atoms with Gasteiger partial charge in [0.25, 0.3) is 0 Å². The van der Waals surface area contributed by atoms with Crippen LogP contribution >= 0.6 is 0 Å². The quantitative estimate of drug-likeness (QED) is 0.643. The Hall–Kier alpha value is -0.823. The van der Waals surface area contributed by atoms with Gasteiger partial charge in [-0.15, -0.1) is 0 Å². The summed E-state index contributed by atoms with van der Waals surface area (Å²) >= 11 is 0. The van der Waals surface area contributed by atoms with Crippen LogP contribution in [0.3, 0.4) is 0 Å². The lowest BCUT2D eigenvalue weighted by Gasteiger charge is -2.37. The van der Waals surface area contributed by atoms with Crippen molar-refractivity contribution in [1.29, 1.82) is 0 Å². The van der Waals surface area contributed by atoms with Gasteiger partial charge in [0.1, 0.15) is 0 Å². The van der Waals surface area contributed by atoms with Gasteiger partial charge in [-0.25, -0.2) is 0 Å². The van der Waals surface area contributed by atoms with Gasteiger partial charge < -0.3 is 0 Å². The summed E-state index contributed by atoms with van der Waals surface area (Å²) in [4.78, 5) is 0. The van der Waals surface area contributed by atoms with Crippen LogP contribution in [0.1, 0.15) is 35.6 Å². The summed E-state index contributed by atoms with van der Waals surface area (Å²) in [5.74, 6) is 0. The van der Waals surface area contributed by atoms with Gasteiger partial charge in [0, 0.05) is 5.04 Å². The first-order valence-electron chi connectivity index (χ1n) is 6.77. The Labute approximate surface area is 106 Å². The first-order valence-corrected chi connectivity index (χ1v) is 10.3. The van der Waals surface area contributed by atoms with Gasteiger partial charge in [-0.2, -0.15) is 0 Å². The third-order valence-corrected chi connectivity index (χ3v) is 8.53. The summed E-state index contributed by atoms with van der Waals surface area (Å²) in [6.45, 7) is 9.90. The van der Waals surface area contributed by atoms with E-state index in [1.165, 1.54) is 24.8 Å². The van der Waals surface area contributed by atoms with Crippen LogP contribution < -0.4 is 0 Å². The van der Waals surface area contributed by atoms with Crippen molar-refractivity contribution in [2.75, 3.05) is 0 Å². The highest BCUT2D eigenvalue weighted by molar-refractivity contribution is 6.79. The fourth-order valence-electron chi connectivity index (χ4n) is 3.23. The van der Waals surface area contributed by atoms with Crippen molar-refractivity contribution in [3.05, 3.63) is 40.5 Å². The maximum absolute atomic E-state index is 2.52. The van der Waals surface area contributed by atoms with Crippen molar-refractivity contribution in [3.63, 3.8) is 0 Å². The zero-order valence-electron chi connectivity index (χ0n) is 11.4. The monoisotopic (exact) mass is 242 g/mol. The zero-order chi connectivity index (χ0) is 12.3. The lowest BCUT2D eigenvalue weighted by Crippen LogP contribution is -2.44. The molecule has 2 aliphatic rings. The number of allylic oxidation sites excluding steroid dienone is 1. The van der Waals surface area contributed by atoms with Crippen molar-refractivity contribution in [3.8, 4) is 0 Å². The maximum atomic E-state index is 2.52. The minimum Gasteiger partial charge on any atom is -0.0764 e. The third kappa shape index (κ3) is 1.48. The van der Waals surface area contributed by atoms with Crippen molar-refractivity contribution >= 4 is 14.1 Å². The predicted octanol–water partition coefficient (Wildman–Crippen LogP) is 4.34. The SMILES string of the molecule is CC1([Si](C)(C)C)C=Cc2cc3c(cc21)CCC3. The van der Waals surface area contributed by atoms with Gasteiger partial charge >= 0.3 is 0 Å². The van der Waals surface area contributed by atoms with Gasteiger partial charge in [0.05, 0.1) is 8.07 Å². The van der Waals surface area contributed by atoms with E-state index in [9.17, 15) is 0 Å². The molecule has 0 nitrogen and oxygen atoms in total. The smallest absolute Gasteiger partial charge is 0.0601 e. The Kier molecular flexibility index (Phi) is 2.22. The molecule has 0 aromatic heterocycles. The van der Waals surface area contributed by atoms with E-state index >= 15 is 0 Å². The molecular weight excluding hydrogens is 220 g/mol. The number of hydrogen-bond donors (Lipinski definition) is 0. The fraction of sp³-hybridized carbons (Fsp3) is 0.500. The van der Waals surface area contributed by atoms with E-state index in [0.717, 1.165) is 0 Å². The molecule has 0 heterocycles. The standard InChI is InChI=1S/C16H22Si/c1-16(17(2,3)4)9-8-14-10-12-6-5-7-13(12)11-15(14)16/h8-11H,5-7H2,1-4H3. The summed E-state index contributed by atoms with van der Waals surface area (Å²) in [5, 5.41) is 0.333. The van der Waals surface area contributed by atoms with Gasteiger partial charge in [-0.3, -0.25) is 0 Å². The molecule has 1 heteroatoms. The highest BCUT2D eigenvalue weighted by atomic mass is 28.3. The molecule has 0 aliphatic heterocycles. The minimum atomic E-state index is -1.22. The van der Waals surface area contributed by atoms with E-state index in [1.807, 2.05) is 0 Å². The predicted molar refractivity (Wildman–Crippen MR) is 78.2 cm³/mol. The zero-order valence-corrected chi connectivity index (χ0v) is 12.4. The Bertz CT molecular complexity index is 505. The molecule has 0 amide bonds. The summed E-state index contributed by atoms with van der Waals surface area (Å²) in [6, 6.07) is 4.98. The van der Waals surface area contributed by atoms with Crippen molar-refractivity contribution in [2.45, 2.75) is 50.9 Å². The van der Waals surface area contributed by atoms with E-state index in [0.29, 0.717) is 5.04 Å². The third-order valence-electron chi connectivity index (χ3n) is 4.98. The molecule has 0 radical (unpaired) electrons. The van der Waals surface area contributed by atoms with Crippen molar-refractivity contribution < 1.29 is 0 Å². The Morgan fingerprint density at radius 2 is 1.71 bits per heavy atom. The van der Waals surface area contributed by atoms with E-state index in [2.05, 4.69) is 50.8 Å². The van der Waals surface area contributed by atoms with Crippen LogP contribution in [0.2, 0.25) is 19.6 Å². The maximum Gasteiger partial charge on any atom is 0.0601 e. The molecule has 0 saturated heterocycles. The van der Waals surface area contributed by atoms with E-state index in [-0.39, 0.29) is 0 Å². The molecule has 0 saturated carbocycles. The van der Waals surface area contributed by atoms with Crippen LogP contribution in [-0.2, 0) is 17.9 Å². The molecule has 1 atom stereocenters. The second kappa shape index (κ2) is 3.35. The fourth-order valence-corrected chi connectivity index (χ4v) is 4.84. The van der Waals surface area contributed by atoms with Crippen LogP contribution in [-0.4, -0.2) is 8.07 Å². The van der Waals surface area contributed by atoms with Crippen molar-refractivity contribution in [2.24, 2.45) is 0 Å². The highest BCUT2D eigenvalue weighted by Gasteiger charge is 2.42. The molecule has 0 fully saturated rings. The molecule has 0 spiro atoms. The topological polar surface area (TPSA) is 0 Å². The number of rotatable bonds is 1. The molecule has 3 rings (SSSR count). The minimum absolute atomic E-state index is 0.333. The number of hydrogen-bond acceptors (Lipinski definition) is 0. The Morgan fingerprint density at radius 3 is 2.35 bits per heavy atom. The largest absolute Gasteiger partial charge is 0.0764 e. The van der Waals surface area contributed by atoms with E-state index in [1.54, 1.807) is 16.7 Å². The van der Waals surface area contributed by atoms with Crippen LogP contribution in [0.4, 0.5) is 0 Å². The first kappa shape index (κ1) is 11.3.